The van der Waals surface area contributed by atoms with Gasteiger partial charge in [0, 0.05) is 25.7 Å². The second-order valence-electron chi connectivity index (χ2n) is 9.26. The smallest absolute Gasteiger partial charge is 0.327 e. The Balaban J connectivity index is 1.28. The molecule has 3 aromatic rings. The van der Waals surface area contributed by atoms with Crippen molar-refractivity contribution in [1.29, 1.82) is 0 Å². The number of fused-ring (bicyclic) bond motifs is 1. The molecule has 3 heterocycles. The summed E-state index contributed by atoms with van der Waals surface area (Å²) in [5.41, 5.74) is 8.61. The molecule has 2 aromatic heterocycles. The van der Waals surface area contributed by atoms with Crippen LogP contribution in [0.5, 0.6) is 6.01 Å². The highest BCUT2D eigenvalue weighted by molar-refractivity contribution is 5.81. The van der Waals surface area contributed by atoms with E-state index in [0.717, 1.165) is 56.4 Å². The van der Waals surface area contributed by atoms with Gasteiger partial charge in [-0.3, -0.25) is 9.36 Å². The first-order valence-corrected chi connectivity index (χ1v) is 12.6. The lowest BCUT2D eigenvalue weighted by Crippen LogP contribution is -2.43. The minimum Gasteiger partial charge on any atom is -0.481 e. The van der Waals surface area contributed by atoms with Gasteiger partial charge in [0.25, 0.3) is 0 Å². The summed E-state index contributed by atoms with van der Waals surface area (Å²) in [5.74, 6) is -0.609. The molecule has 11 heteroatoms. The highest BCUT2D eigenvalue weighted by Crippen LogP contribution is 2.18. The third-order valence-electron chi connectivity index (χ3n) is 6.53. The van der Waals surface area contributed by atoms with Crippen LogP contribution >= 0.6 is 0 Å². The lowest BCUT2D eigenvalue weighted by Gasteiger charge is -2.32. The largest absolute Gasteiger partial charge is 0.481 e. The van der Waals surface area contributed by atoms with Crippen molar-refractivity contribution in [1.82, 2.24) is 29.7 Å². The van der Waals surface area contributed by atoms with Crippen LogP contribution in [0.3, 0.4) is 0 Å². The van der Waals surface area contributed by atoms with Crippen LogP contribution in [-0.2, 0) is 24.3 Å². The average molecular weight is 498 g/mol. The second-order valence-corrected chi connectivity index (χ2v) is 9.26. The van der Waals surface area contributed by atoms with Crippen molar-refractivity contribution < 1.29 is 14.6 Å². The number of carboxylic acids is 1. The number of nitrogens with two attached hydrogens (primary N) is 1. The molecule has 1 saturated heterocycles. The number of likely N-dealkylation sites (tertiary alicyclic amines) is 1. The Bertz CT molecular complexity index is 1230. The van der Waals surface area contributed by atoms with Crippen LogP contribution in [0.4, 0.5) is 5.82 Å². The fourth-order valence-corrected chi connectivity index (χ4v) is 4.50. The number of nitrogens with zero attached hydrogens (tertiary/aromatic N) is 4. The Hall–Kier alpha value is -3.44. The highest BCUT2D eigenvalue weighted by Gasteiger charge is 2.20. The summed E-state index contributed by atoms with van der Waals surface area (Å²) in [7, 11) is 0. The van der Waals surface area contributed by atoms with Gasteiger partial charge in [-0.05, 0) is 43.5 Å². The van der Waals surface area contributed by atoms with Crippen molar-refractivity contribution in [2.45, 2.75) is 58.2 Å². The molecular weight excluding hydrogens is 462 g/mol. The standard InChI is InChI=1S/C25H35N7O4/c1-2-3-13-36-24-29-22(26)21-23(30-24)32(25(35)28-21)12-11-31-9-7-19(8-10-31)27-16-18-6-4-5-17(14-18)15-20(33)34/h4-6,14,19,27H,2-3,7-13,15-16H2,1H3,(H,28,35)(H,33,34)(H2,26,29,30). The number of anilines is 1. The Morgan fingerprint density at radius 3 is 2.78 bits per heavy atom. The van der Waals surface area contributed by atoms with Gasteiger partial charge in [-0.15, -0.1) is 0 Å². The lowest BCUT2D eigenvalue weighted by atomic mass is 10.0. The Morgan fingerprint density at radius 1 is 1.25 bits per heavy atom. The van der Waals surface area contributed by atoms with E-state index in [1.165, 1.54) is 0 Å². The van der Waals surface area contributed by atoms with E-state index >= 15 is 0 Å². The quantitative estimate of drug-likeness (QED) is 0.274. The number of nitrogens with one attached hydrogen (secondary N) is 2. The lowest BCUT2D eigenvalue weighted by molar-refractivity contribution is -0.136. The monoisotopic (exact) mass is 497 g/mol. The van der Waals surface area contributed by atoms with E-state index in [2.05, 4.69) is 32.1 Å². The van der Waals surface area contributed by atoms with E-state index < -0.39 is 5.97 Å². The van der Waals surface area contributed by atoms with Gasteiger partial charge in [-0.25, -0.2) is 4.79 Å². The maximum atomic E-state index is 12.6. The van der Waals surface area contributed by atoms with E-state index in [0.29, 0.717) is 36.9 Å². The molecule has 0 atom stereocenters. The molecule has 11 nitrogen and oxygen atoms in total. The molecule has 4 rings (SSSR count). The number of benzene rings is 1. The first-order chi connectivity index (χ1) is 17.4. The number of carboxylic acid groups (broad SMARTS) is 1. The van der Waals surface area contributed by atoms with Gasteiger partial charge in [0.2, 0.25) is 0 Å². The zero-order valence-electron chi connectivity index (χ0n) is 20.7. The van der Waals surface area contributed by atoms with Crippen LogP contribution < -0.4 is 21.5 Å². The molecule has 0 bridgehead atoms. The van der Waals surface area contributed by atoms with Gasteiger partial charge in [0.1, 0.15) is 5.52 Å². The number of imidazole rings is 1. The number of hydrogen-bond donors (Lipinski definition) is 4. The van der Waals surface area contributed by atoms with E-state index in [1.807, 2.05) is 24.3 Å². The predicted molar refractivity (Wildman–Crippen MR) is 137 cm³/mol. The van der Waals surface area contributed by atoms with Gasteiger partial charge in [-0.1, -0.05) is 37.6 Å². The zero-order chi connectivity index (χ0) is 25.5. The van der Waals surface area contributed by atoms with Crippen molar-refractivity contribution in [3.63, 3.8) is 0 Å². The fourth-order valence-electron chi connectivity index (χ4n) is 4.50. The van der Waals surface area contributed by atoms with Crippen molar-refractivity contribution in [2.75, 3.05) is 32.0 Å². The van der Waals surface area contributed by atoms with Gasteiger partial charge in [-0.2, -0.15) is 9.97 Å². The third kappa shape index (κ3) is 6.61. The predicted octanol–water partition coefficient (Wildman–Crippen LogP) is 1.76. The van der Waals surface area contributed by atoms with Crippen molar-refractivity contribution in [3.8, 4) is 6.01 Å². The SMILES string of the molecule is CCCCOc1nc(N)c2[nH]c(=O)n(CCN3CCC(NCc4cccc(CC(=O)O)c4)CC3)c2n1. The van der Waals surface area contributed by atoms with E-state index in [4.69, 9.17) is 15.6 Å². The average Bonchev–Trinajstić information content (AvgIpc) is 3.17. The topological polar surface area (TPSA) is 151 Å². The molecule has 0 spiro atoms. The molecule has 0 aliphatic carbocycles. The van der Waals surface area contributed by atoms with Crippen molar-refractivity contribution >= 4 is 23.0 Å². The summed E-state index contributed by atoms with van der Waals surface area (Å²) in [4.78, 5) is 37.2. The number of unbranched alkanes of at least 4 members (excludes halogenated alkanes) is 1. The zero-order valence-corrected chi connectivity index (χ0v) is 20.7. The number of rotatable bonds is 12. The molecule has 194 valence electrons. The molecule has 0 amide bonds. The molecular formula is C25H35N7O4. The Labute approximate surface area is 209 Å². The first kappa shape index (κ1) is 25.6. The normalized spacial score (nSPS) is 14.9. The number of ether oxygens (including phenoxy) is 1. The molecule has 1 aliphatic rings. The molecule has 1 aromatic carbocycles. The summed E-state index contributed by atoms with van der Waals surface area (Å²) >= 11 is 0. The van der Waals surface area contributed by atoms with Gasteiger partial charge >= 0.3 is 17.7 Å². The van der Waals surface area contributed by atoms with Crippen LogP contribution in [0.15, 0.2) is 29.1 Å². The number of piperidine rings is 1. The molecule has 1 fully saturated rings. The van der Waals surface area contributed by atoms with Crippen molar-refractivity contribution in [3.05, 3.63) is 45.9 Å². The van der Waals surface area contributed by atoms with Crippen molar-refractivity contribution in [2.24, 2.45) is 0 Å². The number of H-pyrrole nitrogens is 1. The summed E-state index contributed by atoms with van der Waals surface area (Å²) in [5, 5.41) is 12.6. The summed E-state index contributed by atoms with van der Waals surface area (Å²) < 4.78 is 7.21. The second kappa shape index (κ2) is 12.0. The van der Waals surface area contributed by atoms with Gasteiger partial charge < -0.3 is 30.8 Å². The maximum Gasteiger partial charge on any atom is 0.327 e. The van der Waals surface area contributed by atoms with Crippen LogP contribution in [0.2, 0.25) is 0 Å². The first-order valence-electron chi connectivity index (χ1n) is 12.6. The van der Waals surface area contributed by atoms with Crippen LogP contribution in [0.25, 0.3) is 11.2 Å². The van der Waals surface area contributed by atoms with E-state index in [1.54, 1.807) is 4.57 Å². The summed E-state index contributed by atoms with van der Waals surface area (Å²) in [6, 6.07) is 8.31. The molecule has 1 aliphatic heterocycles. The number of nitrogen functional groups attached to an aromatic ring is 1. The molecule has 5 N–H and O–H groups in total. The molecule has 0 saturated carbocycles. The van der Waals surface area contributed by atoms with E-state index in [9.17, 15) is 9.59 Å². The van der Waals surface area contributed by atoms with Gasteiger partial charge in [0.15, 0.2) is 11.5 Å². The number of aromatic nitrogens is 4. The van der Waals surface area contributed by atoms with Crippen LogP contribution in [0.1, 0.15) is 43.7 Å². The minimum atomic E-state index is -0.820. The fraction of sp³-hybridized carbons (Fsp3) is 0.520. The van der Waals surface area contributed by atoms with E-state index in [-0.39, 0.29) is 23.9 Å². The number of hydrogen-bond acceptors (Lipinski definition) is 8. The van der Waals surface area contributed by atoms with Gasteiger partial charge in [0.05, 0.1) is 13.0 Å². The third-order valence-corrected chi connectivity index (χ3v) is 6.53. The summed E-state index contributed by atoms with van der Waals surface area (Å²) in [6.07, 6.45) is 3.93. The van der Waals surface area contributed by atoms with Crippen LogP contribution in [-0.4, -0.2) is 67.8 Å². The molecule has 0 radical (unpaired) electrons. The highest BCUT2D eigenvalue weighted by atomic mass is 16.5. The molecule has 36 heavy (non-hydrogen) atoms. The minimum absolute atomic E-state index is 0.0392. The van der Waals surface area contributed by atoms with Crippen LogP contribution in [0, 0.1) is 0 Å². The number of aliphatic carboxylic acids is 1. The number of carbonyl (C=O) groups is 1. The number of aromatic amines is 1. The molecule has 0 unspecified atom stereocenters. The Kier molecular flexibility index (Phi) is 8.55. The Morgan fingerprint density at radius 2 is 2.03 bits per heavy atom. The maximum absolute atomic E-state index is 12.6. The summed E-state index contributed by atoms with van der Waals surface area (Å²) in [6.45, 7) is 6.38.